The monoisotopic (exact) mass is 224 g/mol. The highest BCUT2D eigenvalue weighted by Crippen LogP contribution is 2.31. The topological polar surface area (TPSA) is 68.2 Å². The molecule has 1 aliphatic rings. The second-order valence-corrected chi connectivity index (χ2v) is 4.40. The summed E-state index contributed by atoms with van der Waals surface area (Å²) in [5.41, 5.74) is 5.81. The summed E-state index contributed by atoms with van der Waals surface area (Å²) in [7, 11) is 0. The average molecular weight is 224 g/mol. The highest BCUT2D eigenvalue weighted by atomic mass is 16.5. The molecule has 0 amide bonds. The van der Waals surface area contributed by atoms with Crippen molar-refractivity contribution < 1.29 is 4.52 Å². The SMILES string of the molecule is CCN(c1nc(C)no1)C1CCCC1CN. The van der Waals surface area contributed by atoms with E-state index in [2.05, 4.69) is 22.0 Å². The summed E-state index contributed by atoms with van der Waals surface area (Å²) in [6, 6.07) is 1.11. The van der Waals surface area contributed by atoms with Crippen LogP contribution in [0.1, 0.15) is 32.0 Å². The molecule has 0 aromatic carbocycles. The first-order valence-electron chi connectivity index (χ1n) is 6.03. The molecule has 1 heterocycles. The van der Waals surface area contributed by atoms with E-state index >= 15 is 0 Å². The molecule has 1 aromatic heterocycles. The summed E-state index contributed by atoms with van der Waals surface area (Å²) in [4.78, 5) is 6.50. The molecule has 1 saturated carbocycles. The predicted molar refractivity (Wildman–Crippen MR) is 62.2 cm³/mol. The fourth-order valence-electron chi connectivity index (χ4n) is 2.62. The highest BCUT2D eigenvalue weighted by molar-refractivity contribution is 5.28. The van der Waals surface area contributed by atoms with E-state index in [-0.39, 0.29) is 0 Å². The van der Waals surface area contributed by atoms with Crippen LogP contribution in [0.25, 0.3) is 0 Å². The summed E-state index contributed by atoms with van der Waals surface area (Å²) in [6.45, 7) is 5.60. The molecule has 0 aliphatic heterocycles. The van der Waals surface area contributed by atoms with Gasteiger partial charge in [0.15, 0.2) is 5.82 Å². The van der Waals surface area contributed by atoms with Crippen molar-refractivity contribution in [3.8, 4) is 0 Å². The van der Waals surface area contributed by atoms with Gasteiger partial charge in [0.05, 0.1) is 0 Å². The molecule has 0 bridgehead atoms. The summed E-state index contributed by atoms with van der Waals surface area (Å²) in [5, 5.41) is 3.85. The number of hydrogen-bond acceptors (Lipinski definition) is 5. The van der Waals surface area contributed by atoms with E-state index in [0.717, 1.165) is 13.1 Å². The van der Waals surface area contributed by atoms with Crippen molar-refractivity contribution in [2.45, 2.75) is 39.2 Å². The molecule has 2 N–H and O–H groups in total. The van der Waals surface area contributed by atoms with E-state index in [4.69, 9.17) is 10.3 Å². The number of aryl methyl sites for hydroxylation is 1. The number of hydrogen-bond donors (Lipinski definition) is 1. The van der Waals surface area contributed by atoms with Gasteiger partial charge in [-0.1, -0.05) is 11.6 Å². The second kappa shape index (κ2) is 4.82. The van der Waals surface area contributed by atoms with E-state index in [0.29, 0.717) is 23.8 Å². The first-order chi connectivity index (χ1) is 7.76. The number of rotatable bonds is 4. The molecule has 2 atom stereocenters. The van der Waals surface area contributed by atoms with Gasteiger partial charge in [0.25, 0.3) is 0 Å². The zero-order chi connectivity index (χ0) is 11.5. The van der Waals surface area contributed by atoms with Crippen LogP contribution in [0.3, 0.4) is 0 Å². The summed E-state index contributed by atoms with van der Waals surface area (Å²) >= 11 is 0. The predicted octanol–water partition coefficient (Wildman–Crippen LogP) is 1.33. The Morgan fingerprint density at radius 3 is 2.88 bits per heavy atom. The summed E-state index contributed by atoms with van der Waals surface area (Å²) < 4.78 is 5.25. The van der Waals surface area contributed by atoms with E-state index in [1.807, 2.05) is 6.92 Å². The zero-order valence-corrected chi connectivity index (χ0v) is 10.0. The van der Waals surface area contributed by atoms with Crippen LogP contribution >= 0.6 is 0 Å². The van der Waals surface area contributed by atoms with Crippen LogP contribution in [-0.4, -0.2) is 29.3 Å². The maximum atomic E-state index is 5.81. The Bertz CT molecular complexity index is 338. The minimum absolute atomic E-state index is 0.467. The molecular formula is C11H20N4O. The van der Waals surface area contributed by atoms with Crippen molar-refractivity contribution in [1.29, 1.82) is 0 Å². The molecule has 2 unspecified atom stereocenters. The van der Waals surface area contributed by atoms with E-state index in [9.17, 15) is 0 Å². The van der Waals surface area contributed by atoms with Gasteiger partial charge in [0.2, 0.25) is 0 Å². The Hall–Kier alpha value is -1.10. The van der Waals surface area contributed by atoms with Gasteiger partial charge in [0, 0.05) is 12.6 Å². The smallest absolute Gasteiger partial charge is 0.324 e. The Morgan fingerprint density at radius 1 is 1.50 bits per heavy atom. The van der Waals surface area contributed by atoms with Crippen molar-refractivity contribution in [3.05, 3.63) is 5.82 Å². The van der Waals surface area contributed by atoms with Gasteiger partial charge in [-0.3, -0.25) is 0 Å². The largest absolute Gasteiger partial charge is 0.330 e. The third kappa shape index (κ3) is 2.04. The van der Waals surface area contributed by atoms with E-state index in [1.165, 1.54) is 19.3 Å². The molecule has 90 valence electrons. The van der Waals surface area contributed by atoms with E-state index < -0.39 is 0 Å². The van der Waals surface area contributed by atoms with Gasteiger partial charge in [-0.25, -0.2) is 0 Å². The van der Waals surface area contributed by atoms with Crippen LogP contribution in [0.5, 0.6) is 0 Å². The van der Waals surface area contributed by atoms with Crippen LogP contribution in [-0.2, 0) is 0 Å². The Labute approximate surface area is 96.0 Å². The van der Waals surface area contributed by atoms with E-state index in [1.54, 1.807) is 0 Å². The quantitative estimate of drug-likeness (QED) is 0.835. The van der Waals surface area contributed by atoms with Crippen molar-refractivity contribution in [1.82, 2.24) is 10.1 Å². The van der Waals surface area contributed by atoms with Gasteiger partial charge in [-0.05, 0) is 39.2 Å². The molecule has 5 nitrogen and oxygen atoms in total. The Kier molecular flexibility index (Phi) is 3.43. The van der Waals surface area contributed by atoms with Crippen LogP contribution < -0.4 is 10.6 Å². The number of nitrogens with zero attached hydrogens (tertiary/aromatic N) is 3. The van der Waals surface area contributed by atoms with Gasteiger partial charge >= 0.3 is 6.01 Å². The van der Waals surface area contributed by atoms with Crippen molar-refractivity contribution in [3.63, 3.8) is 0 Å². The molecule has 1 fully saturated rings. The third-order valence-corrected chi connectivity index (χ3v) is 3.43. The molecule has 0 saturated heterocycles. The lowest BCUT2D eigenvalue weighted by atomic mass is 10.0. The Morgan fingerprint density at radius 2 is 2.31 bits per heavy atom. The molecular weight excluding hydrogens is 204 g/mol. The van der Waals surface area contributed by atoms with Crippen LogP contribution in [0.2, 0.25) is 0 Å². The molecule has 1 aliphatic carbocycles. The number of aromatic nitrogens is 2. The lowest BCUT2D eigenvalue weighted by molar-refractivity contribution is 0.377. The molecule has 16 heavy (non-hydrogen) atoms. The lowest BCUT2D eigenvalue weighted by Crippen LogP contribution is -2.40. The normalized spacial score (nSPS) is 24.9. The van der Waals surface area contributed by atoms with Crippen LogP contribution in [0.15, 0.2) is 4.52 Å². The zero-order valence-electron chi connectivity index (χ0n) is 10.0. The van der Waals surface area contributed by atoms with Crippen LogP contribution in [0, 0.1) is 12.8 Å². The molecule has 0 spiro atoms. The van der Waals surface area contributed by atoms with Crippen molar-refractivity contribution in [2.75, 3.05) is 18.0 Å². The molecule has 2 rings (SSSR count). The highest BCUT2D eigenvalue weighted by Gasteiger charge is 2.32. The molecule has 1 aromatic rings. The molecule has 5 heteroatoms. The Balaban J connectivity index is 2.15. The number of anilines is 1. The molecule has 0 radical (unpaired) electrons. The number of nitrogens with two attached hydrogens (primary N) is 1. The summed E-state index contributed by atoms with van der Waals surface area (Å²) in [5.74, 6) is 1.25. The van der Waals surface area contributed by atoms with Crippen LogP contribution in [0.4, 0.5) is 6.01 Å². The average Bonchev–Trinajstić information content (AvgIpc) is 2.89. The van der Waals surface area contributed by atoms with Gasteiger partial charge in [-0.15, -0.1) is 0 Å². The van der Waals surface area contributed by atoms with Gasteiger partial charge in [-0.2, -0.15) is 4.98 Å². The third-order valence-electron chi connectivity index (χ3n) is 3.43. The fraction of sp³-hybridized carbons (Fsp3) is 0.818. The van der Waals surface area contributed by atoms with Crippen molar-refractivity contribution >= 4 is 6.01 Å². The second-order valence-electron chi connectivity index (χ2n) is 4.40. The standard InChI is InChI=1S/C11H20N4O/c1-3-15(11-13-8(2)14-16-11)10-6-4-5-9(10)7-12/h9-10H,3-7,12H2,1-2H3. The van der Waals surface area contributed by atoms with Crippen molar-refractivity contribution in [2.24, 2.45) is 11.7 Å². The first-order valence-corrected chi connectivity index (χ1v) is 6.03. The summed E-state index contributed by atoms with van der Waals surface area (Å²) in [6.07, 6.45) is 3.64. The lowest BCUT2D eigenvalue weighted by Gasteiger charge is -2.29. The first kappa shape index (κ1) is 11.4. The fourth-order valence-corrected chi connectivity index (χ4v) is 2.62. The maximum absolute atomic E-state index is 5.81. The van der Waals surface area contributed by atoms with Gasteiger partial charge < -0.3 is 15.2 Å². The minimum Gasteiger partial charge on any atom is -0.330 e. The minimum atomic E-state index is 0.467. The maximum Gasteiger partial charge on any atom is 0.324 e. The van der Waals surface area contributed by atoms with Gasteiger partial charge in [0.1, 0.15) is 0 Å².